The van der Waals surface area contributed by atoms with Gasteiger partial charge in [-0.3, -0.25) is 0 Å². The van der Waals surface area contributed by atoms with Crippen LogP contribution in [0.5, 0.6) is 0 Å². The molecule has 1 nitrogen and oxygen atoms in total. The molecule has 102 valence electrons. The lowest BCUT2D eigenvalue weighted by Crippen LogP contribution is -2.30. The molecule has 0 bridgehead atoms. The quantitative estimate of drug-likeness (QED) is 0.683. The van der Waals surface area contributed by atoms with Crippen LogP contribution < -0.4 is 5.32 Å². The van der Waals surface area contributed by atoms with E-state index in [0.717, 1.165) is 23.8 Å². The monoisotopic (exact) mass is 239 g/mol. The van der Waals surface area contributed by atoms with Gasteiger partial charge in [0.15, 0.2) is 0 Å². The third kappa shape index (κ3) is 5.90. The molecule has 1 aliphatic rings. The van der Waals surface area contributed by atoms with Crippen molar-refractivity contribution in [1.82, 2.24) is 5.32 Å². The fourth-order valence-corrected chi connectivity index (χ4v) is 3.59. The summed E-state index contributed by atoms with van der Waals surface area (Å²) in [4.78, 5) is 0. The molecular weight excluding hydrogens is 206 g/mol. The fraction of sp³-hybridized carbons (Fsp3) is 1.00. The summed E-state index contributed by atoms with van der Waals surface area (Å²) < 4.78 is 0. The van der Waals surface area contributed by atoms with Crippen LogP contribution in [-0.2, 0) is 0 Å². The van der Waals surface area contributed by atoms with Crippen LogP contribution in [0.2, 0.25) is 0 Å². The highest BCUT2D eigenvalue weighted by Gasteiger charge is 2.24. The van der Waals surface area contributed by atoms with Crippen molar-refractivity contribution >= 4 is 0 Å². The van der Waals surface area contributed by atoms with Gasteiger partial charge in [0.05, 0.1) is 0 Å². The Labute approximate surface area is 109 Å². The maximum Gasteiger partial charge on any atom is 0.00645 e. The second kappa shape index (κ2) is 8.13. The van der Waals surface area contributed by atoms with Gasteiger partial charge in [0.2, 0.25) is 0 Å². The van der Waals surface area contributed by atoms with Crippen LogP contribution in [-0.4, -0.2) is 12.6 Å². The van der Waals surface area contributed by atoms with Crippen molar-refractivity contribution in [3.8, 4) is 0 Å². The highest BCUT2D eigenvalue weighted by atomic mass is 14.9. The Morgan fingerprint density at radius 2 is 1.71 bits per heavy atom. The Bertz CT molecular complexity index is 180. The average Bonchev–Trinajstić information content (AvgIpc) is 2.28. The summed E-state index contributed by atoms with van der Waals surface area (Å²) in [5, 5.41) is 3.68. The summed E-state index contributed by atoms with van der Waals surface area (Å²) in [6.45, 7) is 10.6. The molecule has 0 aromatic heterocycles. The Balaban J connectivity index is 2.23. The summed E-state index contributed by atoms with van der Waals surface area (Å²) in [5.74, 6) is 2.94. The third-order valence-corrected chi connectivity index (χ3v) is 4.38. The van der Waals surface area contributed by atoms with Gasteiger partial charge in [-0.05, 0) is 69.2 Å². The van der Waals surface area contributed by atoms with Crippen LogP contribution in [0.25, 0.3) is 0 Å². The molecule has 1 N–H and O–H groups in total. The van der Waals surface area contributed by atoms with E-state index in [1.807, 2.05) is 0 Å². The van der Waals surface area contributed by atoms with Gasteiger partial charge in [-0.25, -0.2) is 0 Å². The minimum atomic E-state index is 0.766. The van der Waals surface area contributed by atoms with Gasteiger partial charge in [-0.15, -0.1) is 0 Å². The molecule has 0 amide bonds. The van der Waals surface area contributed by atoms with Crippen LogP contribution in [0.1, 0.15) is 72.6 Å². The zero-order valence-corrected chi connectivity index (χ0v) is 12.5. The Morgan fingerprint density at radius 3 is 2.24 bits per heavy atom. The lowest BCUT2D eigenvalue weighted by atomic mass is 9.75. The van der Waals surface area contributed by atoms with Crippen LogP contribution in [0.4, 0.5) is 0 Å². The van der Waals surface area contributed by atoms with Crippen molar-refractivity contribution in [2.75, 3.05) is 6.54 Å². The van der Waals surface area contributed by atoms with Crippen molar-refractivity contribution in [3.63, 3.8) is 0 Å². The van der Waals surface area contributed by atoms with E-state index >= 15 is 0 Å². The van der Waals surface area contributed by atoms with Crippen molar-refractivity contribution in [2.45, 2.75) is 78.7 Å². The minimum absolute atomic E-state index is 0.766. The molecule has 3 unspecified atom stereocenters. The Hall–Kier alpha value is -0.0400. The maximum absolute atomic E-state index is 3.68. The van der Waals surface area contributed by atoms with E-state index in [-0.39, 0.29) is 0 Å². The summed E-state index contributed by atoms with van der Waals surface area (Å²) in [6.07, 6.45) is 9.81. The largest absolute Gasteiger partial charge is 0.314 e. The van der Waals surface area contributed by atoms with Gasteiger partial charge in [0.25, 0.3) is 0 Å². The van der Waals surface area contributed by atoms with E-state index in [9.17, 15) is 0 Å². The molecule has 0 aliphatic heterocycles. The van der Waals surface area contributed by atoms with Gasteiger partial charge >= 0.3 is 0 Å². The highest BCUT2D eigenvalue weighted by Crippen LogP contribution is 2.35. The molecule has 1 rings (SSSR count). The van der Waals surface area contributed by atoms with Crippen molar-refractivity contribution in [2.24, 2.45) is 17.8 Å². The normalized spacial score (nSPS) is 31.4. The molecule has 1 heteroatoms. The fourth-order valence-electron chi connectivity index (χ4n) is 3.59. The van der Waals surface area contributed by atoms with Crippen LogP contribution in [0, 0.1) is 17.8 Å². The number of rotatable bonds is 7. The molecular formula is C16H33N. The first-order valence-electron chi connectivity index (χ1n) is 7.89. The van der Waals surface area contributed by atoms with E-state index < -0.39 is 0 Å². The van der Waals surface area contributed by atoms with Gasteiger partial charge in [-0.2, -0.15) is 0 Å². The van der Waals surface area contributed by atoms with Crippen LogP contribution in [0.15, 0.2) is 0 Å². The SMILES string of the molecule is CCCNC(CC)CCC1CC(C)CC(C)C1. The van der Waals surface area contributed by atoms with E-state index in [0.29, 0.717) is 0 Å². The van der Waals surface area contributed by atoms with E-state index in [1.54, 1.807) is 0 Å². The summed E-state index contributed by atoms with van der Waals surface area (Å²) in [7, 11) is 0. The molecule has 0 heterocycles. The van der Waals surface area contributed by atoms with E-state index in [2.05, 4.69) is 33.0 Å². The Morgan fingerprint density at radius 1 is 1.06 bits per heavy atom. The van der Waals surface area contributed by atoms with Crippen molar-refractivity contribution in [3.05, 3.63) is 0 Å². The average molecular weight is 239 g/mol. The Kier molecular flexibility index (Phi) is 7.18. The minimum Gasteiger partial charge on any atom is -0.314 e. The van der Waals surface area contributed by atoms with E-state index in [4.69, 9.17) is 0 Å². The van der Waals surface area contributed by atoms with E-state index in [1.165, 1.54) is 51.5 Å². The first-order chi connectivity index (χ1) is 8.15. The molecule has 17 heavy (non-hydrogen) atoms. The van der Waals surface area contributed by atoms with Gasteiger partial charge in [-0.1, -0.05) is 27.7 Å². The van der Waals surface area contributed by atoms with Crippen LogP contribution in [0.3, 0.4) is 0 Å². The molecule has 0 saturated heterocycles. The second-order valence-corrected chi connectivity index (χ2v) is 6.42. The predicted octanol–water partition coefficient (Wildman–Crippen LogP) is 4.62. The molecule has 0 spiro atoms. The first kappa shape index (κ1) is 15.0. The van der Waals surface area contributed by atoms with Crippen molar-refractivity contribution in [1.29, 1.82) is 0 Å². The first-order valence-corrected chi connectivity index (χ1v) is 7.89. The standard InChI is InChI=1S/C16H33N/c1-5-9-17-16(6-2)8-7-15-11-13(3)10-14(4)12-15/h13-17H,5-12H2,1-4H3. The van der Waals surface area contributed by atoms with Gasteiger partial charge < -0.3 is 5.32 Å². The molecule has 3 atom stereocenters. The smallest absolute Gasteiger partial charge is 0.00645 e. The molecule has 1 saturated carbocycles. The summed E-state index contributed by atoms with van der Waals surface area (Å²) >= 11 is 0. The molecule has 0 radical (unpaired) electrons. The lowest BCUT2D eigenvalue weighted by Gasteiger charge is -2.32. The van der Waals surface area contributed by atoms with Crippen molar-refractivity contribution < 1.29 is 0 Å². The van der Waals surface area contributed by atoms with Gasteiger partial charge in [0, 0.05) is 6.04 Å². The third-order valence-electron chi connectivity index (χ3n) is 4.38. The molecule has 0 aromatic carbocycles. The topological polar surface area (TPSA) is 12.0 Å². The zero-order valence-electron chi connectivity index (χ0n) is 12.5. The van der Waals surface area contributed by atoms with Crippen LogP contribution >= 0.6 is 0 Å². The summed E-state index contributed by atoms with van der Waals surface area (Å²) in [6, 6.07) is 0.766. The van der Waals surface area contributed by atoms with Gasteiger partial charge in [0.1, 0.15) is 0 Å². The number of hydrogen-bond donors (Lipinski definition) is 1. The lowest BCUT2D eigenvalue weighted by molar-refractivity contribution is 0.201. The number of nitrogens with one attached hydrogen (secondary N) is 1. The second-order valence-electron chi connectivity index (χ2n) is 6.42. The molecule has 0 aromatic rings. The maximum atomic E-state index is 3.68. The summed E-state index contributed by atoms with van der Waals surface area (Å²) in [5.41, 5.74) is 0. The zero-order chi connectivity index (χ0) is 12.7. The molecule has 1 fully saturated rings. The predicted molar refractivity (Wildman–Crippen MR) is 77.3 cm³/mol. The highest BCUT2D eigenvalue weighted by molar-refractivity contribution is 4.76. The molecule has 1 aliphatic carbocycles. The number of hydrogen-bond acceptors (Lipinski definition) is 1.